The molecule has 3 heterocycles. The van der Waals surface area contributed by atoms with Crippen molar-refractivity contribution in [3.8, 4) is 16.9 Å². The van der Waals surface area contributed by atoms with E-state index in [-0.39, 0.29) is 5.82 Å². The van der Waals surface area contributed by atoms with Crippen molar-refractivity contribution in [2.24, 2.45) is 0 Å². The number of anilines is 1. The number of benzene rings is 2. The number of imidazole rings is 1. The zero-order valence-corrected chi connectivity index (χ0v) is 17.6. The van der Waals surface area contributed by atoms with Gasteiger partial charge in [-0.15, -0.1) is 0 Å². The van der Waals surface area contributed by atoms with Gasteiger partial charge in [-0.1, -0.05) is 24.3 Å². The molecule has 5 rings (SSSR count). The standard InChI is InChI=1S/C24H24FN5O/c1-29(2)14-16-3-5-17(6-4-16)19-11-27-24(30-15-26-13-22(19)30)28-12-20-18-9-10-31-23(18)8-7-21(20)25/h3-8,11,13,15H,9-10,12,14H2,1-2H3,(H,27,28). The molecule has 4 aromatic rings. The van der Waals surface area contributed by atoms with Crippen molar-refractivity contribution in [1.82, 2.24) is 19.3 Å². The van der Waals surface area contributed by atoms with Gasteiger partial charge < -0.3 is 15.0 Å². The number of hydrogen-bond acceptors (Lipinski definition) is 5. The van der Waals surface area contributed by atoms with Gasteiger partial charge in [0.1, 0.15) is 17.9 Å². The Kier molecular flexibility index (Phi) is 5.03. The summed E-state index contributed by atoms with van der Waals surface area (Å²) in [4.78, 5) is 11.1. The first-order valence-electron chi connectivity index (χ1n) is 10.3. The van der Waals surface area contributed by atoms with Gasteiger partial charge in [-0.3, -0.25) is 4.40 Å². The third kappa shape index (κ3) is 3.72. The van der Waals surface area contributed by atoms with Gasteiger partial charge in [0.05, 0.1) is 18.3 Å². The minimum Gasteiger partial charge on any atom is -0.493 e. The van der Waals surface area contributed by atoms with Gasteiger partial charge in [0.2, 0.25) is 5.95 Å². The van der Waals surface area contributed by atoms with E-state index in [2.05, 4.69) is 58.5 Å². The number of halogens is 1. The van der Waals surface area contributed by atoms with Crippen LogP contribution in [0.25, 0.3) is 16.6 Å². The summed E-state index contributed by atoms with van der Waals surface area (Å²) in [5, 5.41) is 3.28. The molecule has 31 heavy (non-hydrogen) atoms. The summed E-state index contributed by atoms with van der Waals surface area (Å²) in [6.07, 6.45) is 6.12. The second kappa shape index (κ2) is 8.00. The maximum absolute atomic E-state index is 14.5. The van der Waals surface area contributed by atoms with Crippen molar-refractivity contribution in [1.29, 1.82) is 0 Å². The fourth-order valence-corrected chi connectivity index (χ4v) is 4.10. The zero-order chi connectivity index (χ0) is 21.4. The van der Waals surface area contributed by atoms with E-state index in [0.29, 0.717) is 24.7 Å². The molecule has 0 unspecified atom stereocenters. The first-order valence-corrected chi connectivity index (χ1v) is 10.3. The molecule has 1 aliphatic heterocycles. The highest BCUT2D eigenvalue weighted by Crippen LogP contribution is 2.31. The number of hydrogen-bond donors (Lipinski definition) is 1. The first-order chi connectivity index (χ1) is 15.1. The van der Waals surface area contributed by atoms with Gasteiger partial charge in [-0.05, 0) is 37.4 Å². The molecule has 0 aliphatic carbocycles. The number of aromatic nitrogens is 3. The molecular formula is C24H24FN5O. The molecule has 0 fully saturated rings. The average Bonchev–Trinajstić information content (AvgIpc) is 3.43. The molecule has 2 aromatic carbocycles. The lowest BCUT2D eigenvalue weighted by Gasteiger charge is -2.14. The lowest BCUT2D eigenvalue weighted by Crippen LogP contribution is -2.10. The smallest absolute Gasteiger partial charge is 0.208 e. The monoisotopic (exact) mass is 417 g/mol. The van der Waals surface area contributed by atoms with Crippen molar-refractivity contribution in [3.63, 3.8) is 0 Å². The van der Waals surface area contributed by atoms with E-state index in [1.54, 1.807) is 12.4 Å². The molecule has 1 aliphatic rings. The van der Waals surface area contributed by atoms with Crippen LogP contribution in [0.5, 0.6) is 5.75 Å². The quantitative estimate of drug-likeness (QED) is 0.511. The highest BCUT2D eigenvalue weighted by molar-refractivity contribution is 5.80. The molecule has 0 atom stereocenters. The van der Waals surface area contributed by atoms with Gasteiger partial charge in [-0.25, -0.2) is 14.4 Å². The first kappa shape index (κ1) is 19.5. The summed E-state index contributed by atoms with van der Waals surface area (Å²) in [7, 11) is 4.12. The maximum atomic E-state index is 14.5. The van der Waals surface area contributed by atoms with Crippen molar-refractivity contribution in [2.45, 2.75) is 19.5 Å². The normalized spacial score (nSPS) is 12.9. The number of nitrogens with zero attached hydrogens (tertiary/aromatic N) is 4. The summed E-state index contributed by atoms with van der Waals surface area (Å²) in [5.74, 6) is 1.16. The molecular weight excluding hydrogens is 393 g/mol. The van der Waals surface area contributed by atoms with Crippen LogP contribution in [-0.4, -0.2) is 40.0 Å². The summed E-state index contributed by atoms with van der Waals surface area (Å²) in [5.41, 5.74) is 5.84. The summed E-state index contributed by atoms with van der Waals surface area (Å²) in [6, 6.07) is 11.7. The van der Waals surface area contributed by atoms with Gasteiger partial charge in [0.25, 0.3) is 0 Å². The van der Waals surface area contributed by atoms with E-state index in [4.69, 9.17) is 4.74 Å². The molecule has 0 saturated heterocycles. The second-order valence-corrected chi connectivity index (χ2v) is 8.03. The molecule has 0 saturated carbocycles. The van der Waals surface area contributed by atoms with Crippen LogP contribution in [-0.2, 0) is 19.5 Å². The van der Waals surface area contributed by atoms with E-state index < -0.39 is 0 Å². The Labute approximate surface area is 180 Å². The third-order valence-corrected chi connectivity index (χ3v) is 5.59. The third-order valence-electron chi connectivity index (χ3n) is 5.59. The predicted molar refractivity (Wildman–Crippen MR) is 119 cm³/mol. The average molecular weight is 417 g/mol. The Morgan fingerprint density at radius 2 is 1.97 bits per heavy atom. The van der Waals surface area contributed by atoms with Crippen LogP contribution in [0.2, 0.25) is 0 Å². The minimum absolute atomic E-state index is 0.229. The molecule has 0 spiro atoms. The molecule has 0 amide bonds. The molecule has 0 radical (unpaired) electrons. The van der Waals surface area contributed by atoms with Crippen LogP contribution in [0.3, 0.4) is 0 Å². The van der Waals surface area contributed by atoms with Crippen LogP contribution < -0.4 is 10.1 Å². The Morgan fingerprint density at radius 1 is 1.13 bits per heavy atom. The Hall–Kier alpha value is -3.45. The highest BCUT2D eigenvalue weighted by atomic mass is 19.1. The Morgan fingerprint density at radius 3 is 2.77 bits per heavy atom. The van der Waals surface area contributed by atoms with Crippen LogP contribution in [0, 0.1) is 5.82 Å². The van der Waals surface area contributed by atoms with Crippen LogP contribution in [0.4, 0.5) is 10.3 Å². The van der Waals surface area contributed by atoms with E-state index in [1.165, 1.54) is 11.6 Å². The number of nitrogens with one attached hydrogen (secondary N) is 1. The van der Waals surface area contributed by atoms with E-state index in [0.717, 1.165) is 40.9 Å². The summed E-state index contributed by atoms with van der Waals surface area (Å²) in [6.45, 7) is 1.82. The Bertz CT molecular complexity index is 1230. The minimum atomic E-state index is -0.229. The van der Waals surface area contributed by atoms with Gasteiger partial charge in [0, 0.05) is 42.4 Å². The fourth-order valence-electron chi connectivity index (χ4n) is 4.10. The van der Waals surface area contributed by atoms with E-state index in [9.17, 15) is 4.39 Å². The van der Waals surface area contributed by atoms with Crippen molar-refractivity contribution >= 4 is 11.5 Å². The molecule has 158 valence electrons. The maximum Gasteiger partial charge on any atom is 0.208 e. The zero-order valence-electron chi connectivity index (χ0n) is 17.6. The van der Waals surface area contributed by atoms with Crippen molar-refractivity contribution < 1.29 is 9.13 Å². The number of fused-ring (bicyclic) bond motifs is 2. The summed E-state index contributed by atoms with van der Waals surface area (Å²) < 4.78 is 21.9. The van der Waals surface area contributed by atoms with Crippen LogP contribution in [0.1, 0.15) is 16.7 Å². The molecule has 1 N–H and O–H groups in total. The van der Waals surface area contributed by atoms with Gasteiger partial charge in [0.15, 0.2) is 0 Å². The fraction of sp³-hybridized carbons (Fsp3) is 0.250. The lowest BCUT2D eigenvalue weighted by atomic mass is 10.0. The van der Waals surface area contributed by atoms with Crippen molar-refractivity contribution in [2.75, 3.05) is 26.0 Å². The largest absolute Gasteiger partial charge is 0.493 e. The topological polar surface area (TPSA) is 54.7 Å². The second-order valence-electron chi connectivity index (χ2n) is 8.03. The Balaban J connectivity index is 1.43. The number of ether oxygens (including phenoxy) is 1. The van der Waals surface area contributed by atoms with Crippen molar-refractivity contribution in [3.05, 3.63) is 77.6 Å². The molecule has 0 bridgehead atoms. The van der Waals surface area contributed by atoms with E-state index >= 15 is 0 Å². The lowest BCUT2D eigenvalue weighted by molar-refractivity contribution is 0.356. The van der Waals surface area contributed by atoms with Gasteiger partial charge in [-0.2, -0.15) is 0 Å². The molecule has 6 nitrogen and oxygen atoms in total. The van der Waals surface area contributed by atoms with E-state index in [1.807, 2.05) is 16.8 Å². The van der Waals surface area contributed by atoms with Gasteiger partial charge >= 0.3 is 0 Å². The highest BCUT2D eigenvalue weighted by Gasteiger charge is 2.20. The summed E-state index contributed by atoms with van der Waals surface area (Å²) >= 11 is 0. The predicted octanol–water partition coefficient (Wildman–Crippen LogP) is 4.14. The van der Waals surface area contributed by atoms with Crippen LogP contribution in [0.15, 0.2) is 55.1 Å². The molecule has 2 aromatic heterocycles. The van der Waals surface area contributed by atoms with Crippen LogP contribution >= 0.6 is 0 Å². The molecule has 7 heteroatoms. The number of rotatable bonds is 6. The SMILES string of the molecule is CN(C)Cc1ccc(-c2cnc(NCc3c(F)ccc4c3CCO4)n3cncc23)cc1.